The van der Waals surface area contributed by atoms with Crippen molar-refractivity contribution >= 4 is 29.8 Å². The lowest BCUT2D eigenvalue weighted by Gasteiger charge is -2.46. The molecule has 0 N–H and O–H groups in total. The molecule has 0 aromatic heterocycles. The second kappa shape index (κ2) is 9.16. The molecule has 0 aromatic carbocycles. The SMILES string of the molecule is CC(=O)OC[C@@H]1[C@@H](OC(C)=O)[C@H](OC(C)=O)[C@H](OC(C)=O)CN1C(C)=O. The summed E-state index contributed by atoms with van der Waals surface area (Å²) < 4.78 is 20.6. The van der Waals surface area contributed by atoms with Crippen LogP contribution in [0.25, 0.3) is 0 Å². The molecular formula is C16H23NO9. The van der Waals surface area contributed by atoms with E-state index in [0.29, 0.717) is 0 Å². The number of carbonyl (C=O) groups is 5. The Morgan fingerprint density at radius 3 is 1.69 bits per heavy atom. The van der Waals surface area contributed by atoms with Crippen LogP contribution in [0.5, 0.6) is 0 Å². The summed E-state index contributed by atoms with van der Waals surface area (Å²) >= 11 is 0. The Bertz CT molecular complexity index is 586. The van der Waals surface area contributed by atoms with Gasteiger partial charge in [0.25, 0.3) is 0 Å². The summed E-state index contributed by atoms with van der Waals surface area (Å²) in [6.07, 6.45) is -3.38. The van der Waals surface area contributed by atoms with Crippen molar-refractivity contribution in [3.63, 3.8) is 0 Å². The third-order valence-electron chi connectivity index (χ3n) is 3.63. The smallest absolute Gasteiger partial charge is 0.303 e. The summed E-state index contributed by atoms with van der Waals surface area (Å²) in [6.45, 7) is 5.51. The van der Waals surface area contributed by atoms with Crippen molar-refractivity contribution < 1.29 is 42.9 Å². The highest BCUT2D eigenvalue weighted by Gasteiger charge is 2.50. The van der Waals surface area contributed by atoms with Crippen LogP contribution in [0.2, 0.25) is 0 Å². The summed E-state index contributed by atoms with van der Waals surface area (Å²) in [7, 11) is 0. The van der Waals surface area contributed by atoms with Crippen molar-refractivity contribution in [3.8, 4) is 0 Å². The minimum absolute atomic E-state index is 0.115. The molecule has 1 saturated heterocycles. The van der Waals surface area contributed by atoms with E-state index in [4.69, 9.17) is 18.9 Å². The van der Waals surface area contributed by atoms with E-state index in [1.807, 2.05) is 0 Å². The number of ether oxygens (including phenoxy) is 4. The molecule has 0 aromatic rings. The maximum atomic E-state index is 12.0. The molecule has 0 radical (unpaired) electrons. The van der Waals surface area contributed by atoms with Crippen LogP contribution in [0.4, 0.5) is 0 Å². The van der Waals surface area contributed by atoms with Crippen molar-refractivity contribution in [2.45, 2.75) is 59.0 Å². The van der Waals surface area contributed by atoms with E-state index >= 15 is 0 Å². The summed E-state index contributed by atoms with van der Waals surface area (Å²) in [5, 5.41) is 0. The summed E-state index contributed by atoms with van der Waals surface area (Å²) in [5.41, 5.74) is 0. The molecule has 0 spiro atoms. The first-order chi connectivity index (χ1) is 12.0. The largest absolute Gasteiger partial charge is 0.464 e. The Hall–Kier alpha value is -2.65. The molecule has 0 aliphatic carbocycles. The predicted octanol–water partition coefficient (Wildman–Crippen LogP) is -0.425. The fraction of sp³-hybridized carbons (Fsp3) is 0.688. The van der Waals surface area contributed by atoms with Crippen molar-refractivity contribution in [2.24, 2.45) is 0 Å². The van der Waals surface area contributed by atoms with Crippen LogP contribution < -0.4 is 0 Å². The summed E-state index contributed by atoms with van der Waals surface area (Å²) in [6, 6.07) is -0.906. The molecule has 1 rings (SSSR count). The lowest BCUT2D eigenvalue weighted by Crippen LogP contribution is -2.66. The highest BCUT2D eigenvalue weighted by Crippen LogP contribution is 2.27. The standard InChI is InChI=1S/C16H23NO9/c1-8(18)17-6-14(24-10(3)20)16(26-12(5)22)15(25-11(4)21)13(17)7-23-9(2)19/h13-16H,6-7H2,1-5H3/t13-,14-,15-,16-/m1/s1. The molecule has 1 aliphatic rings. The van der Waals surface area contributed by atoms with Gasteiger partial charge in [-0.3, -0.25) is 24.0 Å². The van der Waals surface area contributed by atoms with Crippen molar-refractivity contribution in [2.75, 3.05) is 13.2 Å². The summed E-state index contributed by atoms with van der Waals surface area (Å²) in [4.78, 5) is 58.9. The molecule has 0 unspecified atom stereocenters. The number of likely N-dealkylation sites (tertiary alicyclic amines) is 1. The quantitative estimate of drug-likeness (QED) is 0.466. The number of carbonyl (C=O) groups excluding carboxylic acids is 5. The van der Waals surface area contributed by atoms with Crippen molar-refractivity contribution in [1.29, 1.82) is 0 Å². The van der Waals surface area contributed by atoms with E-state index in [2.05, 4.69) is 0 Å². The van der Waals surface area contributed by atoms with Crippen LogP contribution in [0, 0.1) is 0 Å². The van der Waals surface area contributed by atoms with Gasteiger partial charge in [0.1, 0.15) is 12.6 Å². The number of hydrogen-bond acceptors (Lipinski definition) is 9. The van der Waals surface area contributed by atoms with Gasteiger partial charge in [0.2, 0.25) is 5.91 Å². The molecule has 1 amide bonds. The zero-order valence-corrected chi connectivity index (χ0v) is 15.3. The van der Waals surface area contributed by atoms with E-state index < -0.39 is 54.1 Å². The Morgan fingerprint density at radius 2 is 1.27 bits per heavy atom. The number of hydrogen-bond donors (Lipinski definition) is 0. The van der Waals surface area contributed by atoms with E-state index in [1.54, 1.807) is 0 Å². The highest BCUT2D eigenvalue weighted by atomic mass is 16.6. The molecule has 10 nitrogen and oxygen atoms in total. The predicted molar refractivity (Wildman–Crippen MR) is 84.5 cm³/mol. The minimum atomic E-state index is -1.18. The molecule has 4 atom stereocenters. The molecule has 0 bridgehead atoms. The van der Waals surface area contributed by atoms with Crippen LogP contribution >= 0.6 is 0 Å². The van der Waals surface area contributed by atoms with E-state index in [0.717, 1.165) is 20.8 Å². The van der Waals surface area contributed by atoms with E-state index in [1.165, 1.54) is 18.7 Å². The normalized spacial score (nSPS) is 25.0. The van der Waals surface area contributed by atoms with Crippen LogP contribution in [-0.4, -0.2) is 72.2 Å². The van der Waals surface area contributed by atoms with Gasteiger partial charge in [-0.15, -0.1) is 0 Å². The molecular weight excluding hydrogens is 350 g/mol. The monoisotopic (exact) mass is 373 g/mol. The maximum Gasteiger partial charge on any atom is 0.303 e. The second-order valence-electron chi connectivity index (χ2n) is 5.84. The number of esters is 4. The zero-order chi connectivity index (χ0) is 20.0. The van der Waals surface area contributed by atoms with Crippen LogP contribution in [-0.2, 0) is 42.9 Å². The number of nitrogens with zero attached hydrogens (tertiary/aromatic N) is 1. The van der Waals surface area contributed by atoms with Gasteiger partial charge < -0.3 is 23.8 Å². The third-order valence-corrected chi connectivity index (χ3v) is 3.63. The molecule has 1 fully saturated rings. The van der Waals surface area contributed by atoms with Gasteiger partial charge in [0, 0.05) is 34.6 Å². The van der Waals surface area contributed by atoms with Gasteiger partial charge in [0.15, 0.2) is 18.3 Å². The first-order valence-corrected chi connectivity index (χ1v) is 7.95. The lowest BCUT2D eigenvalue weighted by atomic mass is 9.93. The Labute approximate surface area is 150 Å². The zero-order valence-electron chi connectivity index (χ0n) is 15.3. The van der Waals surface area contributed by atoms with Gasteiger partial charge in [0.05, 0.1) is 6.54 Å². The second-order valence-corrected chi connectivity index (χ2v) is 5.84. The van der Waals surface area contributed by atoms with Crippen molar-refractivity contribution in [1.82, 2.24) is 4.90 Å². The lowest BCUT2D eigenvalue weighted by molar-refractivity contribution is -0.208. The minimum Gasteiger partial charge on any atom is -0.464 e. The van der Waals surface area contributed by atoms with Crippen LogP contribution in [0.3, 0.4) is 0 Å². The summed E-state index contributed by atoms with van der Waals surface area (Å²) in [5.74, 6) is -3.06. The topological polar surface area (TPSA) is 126 Å². The average molecular weight is 373 g/mol. The van der Waals surface area contributed by atoms with Gasteiger partial charge in [-0.2, -0.15) is 0 Å². The highest BCUT2D eigenvalue weighted by molar-refractivity contribution is 5.75. The molecule has 0 saturated carbocycles. The maximum absolute atomic E-state index is 12.0. The van der Waals surface area contributed by atoms with Gasteiger partial charge in [-0.1, -0.05) is 0 Å². The fourth-order valence-corrected chi connectivity index (χ4v) is 2.78. The van der Waals surface area contributed by atoms with E-state index in [-0.39, 0.29) is 13.2 Å². The average Bonchev–Trinajstić information content (AvgIpc) is 2.47. The first kappa shape index (κ1) is 21.4. The molecule has 1 aliphatic heterocycles. The molecule has 146 valence electrons. The van der Waals surface area contributed by atoms with E-state index in [9.17, 15) is 24.0 Å². The molecule has 10 heteroatoms. The number of piperidine rings is 1. The Balaban J connectivity index is 3.29. The third kappa shape index (κ3) is 6.01. The Kier molecular flexibility index (Phi) is 7.54. The van der Waals surface area contributed by atoms with Crippen LogP contribution in [0.1, 0.15) is 34.6 Å². The fourth-order valence-electron chi connectivity index (χ4n) is 2.78. The molecule has 26 heavy (non-hydrogen) atoms. The van der Waals surface area contributed by atoms with Gasteiger partial charge >= 0.3 is 23.9 Å². The van der Waals surface area contributed by atoms with Gasteiger partial charge in [-0.25, -0.2) is 0 Å². The molecule has 1 heterocycles. The van der Waals surface area contributed by atoms with Crippen LogP contribution in [0.15, 0.2) is 0 Å². The van der Waals surface area contributed by atoms with Crippen molar-refractivity contribution in [3.05, 3.63) is 0 Å². The number of rotatable bonds is 5. The van der Waals surface area contributed by atoms with Gasteiger partial charge in [-0.05, 0) is 0 Å². The first-order valence-electron chi connectivity index (χ1n) is 7.95. The Morgan fingerprint density at radius 1 is 0.769 bits per heavy atom. The number of amides is 1.